The van der Waals surface area contributed by atoms with E-state index in [1.165, 1.54) is 5.56 Å². The van der Waals surface area contributed by atoms with Crippen LogP contribution in [0.25, 0.3) is 0 Å². The Labute approximate surface area is 101 Å². The maximum atomic E-state index is 5.49. The molecule has 0 amide bonds. The van der Waals surface area contributed by atoms with Crippen LogP contribution in [-0.2, 0) is 20.1 Å². The normalized spacial score (nSPS) is 11.1. The molecule has 2 heterocycles. The Bertz CT molecular complexity index is 493. The van der Waals surface area contributed by atoms with Gasteiger partial charge in [0, 0.05) is 25.4 Å². The number of aryl methyl sites for hydroxylation is 4. The molecule has 0 spiro atoms. The van der Waals surface area contributed by atoms with Gasteiger partial charge in [-0.15, -0.1) is 0 Å². The molecule has 0 aliphatic rings. The van der Waals surface area contributed by atoms with Crippen molar-refractivity contribution in [3.63, 3.8) is 0 Å². The van der Waals surface area contributed by atoms with Gasteiger partial charge in [0.05, 0.1) is 17.9 Å². The minimum atomic E-state index is 0.642. The zero-order valence-electron chi connectivity index (χ0n) is 10.7. The molecule has 0 fully saturated rings. The molecule has 0 radical (unpaired) electrons. The smallest absolute Gasteiger partial charge is 0.208 e. The highest BCUT2D eigenvalue weighted by Crippen LogP contribution is 2.08. The summed E-state index contributed by atoms with van der Waals surface area (Å²) in [6.45, 7) is 7.31. The molecule has 92 valence electrons. The Morgan fingerprint density at radius 1 is 1.24 bits per heavy atom. The van der Waals surface area contributed by atoms with Crippen molar-refractivity contribution in [2.24, 2.45) is 7.05 Å². The van der Waals surface area contributed by atoms with Gasteiger partial charge in [-0.05, 0) is 20.8 Å². The van der Waals surface area contributed by atoms with Crippen LogP contribution in [-0.4, -0.2) is 14.8 Å². The Hall–Kier alpha value is -1.62. The number of rotatable bonds is 4. The molecule has 0 bridgehead atoms. The van der Waals surface area contributed by atoms with Crippen molar-refractivity contribution in [1.82, 2.24) is 20.1 Å². The maximum absolute atomic E-state index is 5.49. The fourth-order valence-corrected chi connectivity index (χ4v) is 1.74. The van der Waals surface area contributed by atoms with Gasteiger partial charge in [0.25, 0.3) is 0 Å². The first-order valence-electron chi connectivity index (χ1n) is 5.69. The van der Waals surface area contributed by atoms with E-state index in [0.29, 0.717) is 6.54 Å². The Kier molecular flexibility index (Phi) is 3.28. The third-order valence-corrected chi connectivity index (χ3v) is 2.78. The van der Waals surface area contributed by atoms with Gasteiger partial charge < -0.3 is 9.73 Å². The molecule has 0 atom stereocenters. The van der Waals surface area contributed by atoms with Gasteiger partial charge in [-0.3, -0.25) is 4.68 Å². The first-order chi connectivity index (χ1) is 8.06. The number of nitrogens with zero attached hydrogens (tertiary/aromatic N) is 3. The molecule has 5 heteroatoms. The van der Waals surface area contributed by atoms with E-state index in [-0.39, 0.29) is 0 Å². The van der Waals surface area contributed by atoms with Gasteiger partial charge in [-0.25, -0.2) is 4.98 Å². The first-order valence-corrected chi connectivity index (χ1v) is 5.69. The lowest BCUT2D eigenvalue weighted by Crippen LogP contribution is -2.13. The second-order valence-electron chi connectivity index (χ2n) is 4.27. The van der Waals surface area contributed by atoms with E-state index in [1.807, 2.05) is 38.7 Å². The van der Waals surface area contributed by atoms with E-state index in [1.54, 1.807) is 0 Å². The SMILES string of the molecule is Cc1nn(C)cc1CNCc1nc(C)c(C)o1. The molecule has 2 aromatic heterocycles. The van der Waals surface area contributed by atoms with Crippen molar-refractivity contribution in [1.29, 1.82) is 0 Å². The lowest BCUT2D eigenvalue weighted by Gasteiger charge is -2.00. The fourth-order valence-electron chi connectivity index (χ4n) is 1.74. The van der Waals surface area contributed by atoms with Gasteiger partial charge in [-0.1, -0.05) is 0 Å². The molecule has 17 heavy (non-hydrogen) atoms. The Morgan fingerprint density at radius 2 is 2.00 bits per heavy atom. The Balaban J connectivity index is 1.89. The monoisotopic (exact) mass is 234 g/mol. The number of hydrogen-bond donors (Lipinski definition) is 1. The van der Waals surface area contributed by atoms with E-state index < -0.39 is 0 Å². The highest BCUT2D eigenvalue weighted by molar-refractivity contribution is 5.14. The summed E-state index contributed by atoms with van der Waals surface area (Å²) in [6.07, 6.45) is 2.02. The third-order valence-electron chi connectivity index (χ3n) is 2.78. The zero-order chi connectivity index (χ0) is 12.4. The molecule has 0 saturated carbocycles. The van der Waals surface area contributed by atoms with Crippen LogP contribution in [0.1, 0.15) is 28.6 Å². The highest BCUT2D eigenvalue weighted by atomic mass is 16.4. The third kappa shape index (κ3) is 2.74. The highest BCUT2D eigenvalue weighted by Gasteiger charge is 2.06. The molecule has 2 aromatic rings. The van der Waals surface area contributed by atoms with Crippen molar-refractivity contribution in [3.05, 3.63) is 34.8 Å². The van der Waals surface area contributed by atoms with Gasteiger partial charge in [0.2, 0.25) is 5.89 Å². The summed E-state index contributed by atoms with van der Waals surface area (Å²) >= 11 is 0. The first kappa shape index (κ1) is 11.9. The standard InChI is InChI=1S/C12H18N4O/c1-8-10(3)17-12(14-8)6-13-5-11-7-16(4)15-9(11)2/h7,13H,5-6H2,1-4H3. The zero-order valence-corrected chi connectivity index (χ0v) is 10.7. The number of aromatic nitrogens is 3. The van der Waals surface area contributed by atoms with Crippen LogP contribution < -0.4 is 5.32 Å². The molecule has 2 rings (SSSR count). The van der Waals surface area contributed by atoms with Crippen molar-refractivity contribution in [2.45, 2.75) is 33.9 Å². The lowest BCUT2D eigenvalue weighted by molar-refractivity contribution is 0.448. The van der Waals surface area contributed by atoms with Crippen LogP contribution in [0.4, 0.5) is 0 Å². The van der Waals surface area contributed by atoms with E-state index in [9.17, 15) is 0 Å². The van der Waals surface area contributed by atoms with Crippen molar-refractivity contribution < 1.29 is 4.42 Å². The van der Waals surface area contributed by atoms with E-state index in [2.05, 4.69) is 15.4 Å². The van der Waals surface area contributed by atoms with E-state index in [4.69, 9.17) is 4.42 Å². The quantitative estimate of drug-likeness (QED) is 0.873. The molecule has 0 unspecified atom stereocenters. The summed E-state index contributed by atoms with van der Waals surface area (Å²) in [5.41, 5.74) is 3.21. The van der Waals surface area contributed by atoms with Crippen LogP contribution in [0.2, 0.25) is 0 Å². The van der Waals surface area contributed by atoms with Crippen molar-refractivity contribution in [2.75, 3.05) is 0 Å². The lowest BCUT2D eigenvalue weighted by atomic mass is 10.2. The van der Waals surface area contributed by atoms with Crippen molar-refractivity contribution >= 4 is 0 Å². The minimum absolute atomic E-state index is 0.642. The largest absolute Gasteiger partial charge is 0.444 e. The average Bonchev–Trinajstić information content (AvgIpc) is 2.72. The summed E-state index contributed by atoms with van der Waals surface area (Å²) in [7, 11) is 1.93. The maximum Gasteiger partial charge on any atom is 0.208 e. The van der Waals surface area contributed by atoms with Crippen LogP contribution in [0, 0.1) is 20.8 Å². The molecule has 0 saturated heterocycles. The van der Waals surface area contributed by atoms with Crippen LogP contribution in [0.5, 0.6) is 0 Å². The molecule has 1 N–H and O–H groups in total. The fraction of sp³-hybridized carbons (Fsp3) is 0.500. The Morgan fingerprint density at radius 3 is 2.53 bits per heavy atom. The van der Waals surface area contributed by atoms with Gasteiger partial charge in [0.15, 0.2) is 0 Å². The summed E-state index contributed by atoms with van der Waals surface area (Å²) in [5.74, 6) is 1.63. The summed E-state index contributed by atoms with van der Waals surface area (Å²) in [4.78, 5) is 4.32. The summed E-state index contributed by atoms with van der Waals surface area (Å²) < 4.78 is 7.32. The van der Waals surface area contributed by atoms with Crippen LogP contribution in [0.3, 0.4) is 0 Å². The minimum Gasteiger partial charge on any atom is -0.444 e. The molecule has 0 aliphatic heterocycles. The molecule has 5 nitrogen and oxygen atoms in total. The summed E-state index contributed by atoms with van der Waals surface area (Å²) in [6, 6.07) is 0. The van der Waals surface area contributed by atoms with Crippen LogP contribution in [0.15, 0.2) is 10.6 Å². The average molecular weight is 234 g/mol. The molecular formula is C12H18N4O. The number of oxazole rings is 1. The van der Waals surface area contributed by atoms with Crippen LogP contribution >= 0.6 is 0 Å². The van der Waals surface area contributed by atoms with Gasteiger partial charge >= 0.3 is 0 Å². The molecule has 0 aromatic carbocycles. The molecular weight excluding hydrogens is 216 g/mol. The number of hydrogen-bond acceptors (Lipinski definition) is 4. The van der Waals surface area contributed by atoms with Gasteiger partial charge in [-0.2, -0.15) is 5.10 Å². The second-order valence-corrected chi connectivity index (χ2v) is 4.27. The second kappa shape index (κ2) is 4.71. The molecule has 0 aliphatic carbocycles. The summed E-state index contributed by atoms with van der Waals surface area (Å²) in [5, 5.41) is 7.60. The van der Waals surface area contributed by atoms with Gasteiger partial charge in [0.1, 0.15) is 5.76 Å². The predicted molar refractivity (Wildman–Crippen MR) is 64.5 cm³/mol. The van der Waals surface area contributed by atoms with E-state index >= 15 is 0 Å². The van der Waals surface area contributed by atoms with E-state index in [0.717, 1.165) is 29.6 Å². The predicted octanol–water partition coefficient (Wildman–Crippen LogP) is 1.62. The number of nitrogens with one attached hydrogen (secondary N) is 1. The van der Waals surface area contributed by atoms with Crippen molar-refractivity contribution in [3.8, 4) is 0 Å². The topological polar surface area (TPSA) is 55.9 Å².